The fourth-order valence-electron chi connectivity index (χ4n) is 3.80. The highest BCUT2D eigenvalue weighted by molar-refractivity contribution is 5.69. The fraction of sp³-hybridized carbons (Fsp3) is 0.522. The average Bonchev–Trinajstić information content (AvgIpc) is 3.33. The second-order valence-electron chi connectivity index (χ2n) is 8.26. The molecule has 3 aromatic rings. The van der Waals surface area contributed by atoms with E-state index in [0.29, 0.717) is 42.2 Å². The van der Waals surface area contributed by atoms with Gasteiger partial charge in [0, 0.05) is 64.4 Å². The molecule has 0 atom stereocenters. The smallest absolute Gasteiger partial charge is 0.253 e. The van der Waals surface area contributed by atoms with Crippen molar-refractivity contribution in [2.45, 2.75) is 26.3 Å². The molecule has 0 bridgehead atoms. The van der Waals surface area contributed by atoms with Gasteiger partial charge in [-0.25, -0.2) is 4.98 Å². The van der Waals surface area contributed by atoms with E-state index < -0.39 is 0 Å². The molecule has 11 nitrogen and oxygen atoms in total. The highest BCUT2D eigenvalue weighted by atomic mass is 16.4. The summed E-state index contributed by atoms with van der Waals surface area (Å²) < 4.78 is 5.98. The summed E-state index contributed by atoms with van der Waals surface area (Å²) in [4.78, 5) is 17.7. The number of nitrogens with one attached hydrogen (secondary N) is 2. The Balaban J connectivity index is 1.39. The second-order valence-corrected chi connectivity index (χ2v) is 8.26. The van der Waals surface area contributed by atoms with Gasteiger partial charge >= 0.3 is 0 Å². The standard InChI is InChI=1S/C23H33N9O2/c1-2-6-25-21-19(16-27-23(28-21)26-9-5-18-3-7-24-8-4-18)22-30-29-20(34-22)17-32-12-10-31(11-13-32)14-15-33/h3-4,7-8,16,33H,2,5-6,9-15,17H2,1H3,(H2,25,26,27,28). The first-order valence-electron chi connectivity index (χ1n) is 11.9. The normalized spacial score (nSPS) is 14.9. The van der Waals surface area contributed by atoms with Crippen LogP contribution in [0.2, 0.25) is 0 Å². The molecule has 0 saturated carbocycles. The minimum absolute atomic E-state index is 0.197. The van der Waals surface area contributed by atoms with Gasteiger partial charge in [0.05, 0.1) is 18.7 Å². The number of pyridine rings is 1. The Morgan fingerprint density at radius 3 is 2.59 bits per heavy atom. The third-order valence-corrected chi connectivity index (χ3v) is 5.71. The SMILES string of the molecule is CCCNc1nc(NCCc2ccncc2)ncc1-c1nnc(CN2CCN(CCO)CC2)o1. The number of β-amino-alcohol motifs (C(OH)–C–C–N with tert-alkyl or cyclic N) is 1. The van der Waals surface area contributed by atoms with Gasteiger partial charge in [-0.2, -0.15) is 4.98 Å². The van der Waals surface area contributed by atoms with Gasteiger partial charge < -0.3 is 20.2 Å². The third kappa shape index (κ3) is 6.69. The Kier molecular flexibility index (Phi) is 8.71. The molecule has 3 N–H and O–H groups in total. The number of aliphatic hydroxyl groups is 1. The third-order valence-electron chi connectivity index (χ3n) is 5.71. The van der Waals surface area contributed by atoms with Gasteiger partial charge in [-0.3, -0.25) is 14.8 Å². The molecule has 0 radical (unpaired) electrons. The number of aromatic nitrogens is 5. The summed E-state index contributed by atoms with van der Waals surface area (Å²) in [6.45, 7) is 8.79. The molecule has 4 heterocycles. The van der Waals surface area contributed by atoms with E-state index in [-0.39, 0.29) is 6.61 Å². The molecule has 0 unspecified atom stereocenters. The van der Waals surface area contributed by atoms with E-state index >= 15 is 0 Å². The first-order chi connectivity index (χ1) is 16.7. The van der Waals surface area contributed by atoms with Crippen LogP contribution in [0.3, 0.4) is 0 Å². The van der Waals surface area contributed by atoms with Crippen molar-refractivity contribution >= 4 is 11.8 Å². The van der Waals surface area contributed by atoms with Gasteiger partial charge in [-0.05, 0) is 30.5 Å². The van der Waals surface area contributed by atoms with E-state index in [2.05, 4.69) is 52.5 Å². The van der Waals surface area contributed by atoms with Crippen LogP contribution < -0.4 is 10.6 Å². The van der Waals surface area contributed by atoms with E-state index in [1.54, 1.807) is 18.6 Å². The maximum atomic E-state index is 9.10. The van der Waals surface area contributed by atoms with Crippen molar-refractivity contribution in [1.82, 2.24) is 34.9 Å². The maximum absolute atomic E-state index is 9.10. The van der Waals surface area contributed by atoms with Crippen molar-refractivity contribution in [2.24, 2.45) is 0 Å². The van der Waals surface area contributed by atoms with Gasteiger partial charge in [0.15, 0.2) is 0 Å². The molecule has 1 aliphatic rings. The van der Waals surface area contributed by atoms with Crippen LogP contribution in [0.15, 0.2) is 35.1 Å². The lowest BCUT2D eigenvalue weighted by Gasteiger charge is -2.33. The highest BCUT2D eigenvalue weighted by Crippen LogP contribution is 2.26. The summed E-state index contributed by atoms with van der Waals surface area (Å²) in [7, 11) is 0. The van der Waals surface area contributed by atoms with Gasteiger partial charge in [-0.15, -0.1) is 10.2 Å². The lowest BCUT2D eigenvalue weighted by atomic mass is 10.2. The number of hydrogen-bond acceptors (Lipinski definition) is 11. The van der Waals surface area contributed by atoms with Crippen LogP contribution in [-0.2, 0) is 13.0 Å². The summed E-state index contributed by atoms with van der Waals surface area (Å²) in [6, 6.07) is 4.00. The summed E-state index contributed by atoms with van der Waals surface area (Å²) >= 11 is 0. The number of aliphatic hydroxyl groups excluding tert-OH is 1. The zero-order valence-electron chi connectivity index (χ0n) is 19.7. The topological polar surface area (TPSA) is 128 Å². The largest absolute Gasteiger partial charge is 0.419 e. The van der Waals surface area contributed by atoms with Crippen LogP contribution >= 0.6 is 0 Å². The predicted molar refractivity (Wildman–Crippen MR) is 129 cm³/mol. The summed E-state index contributed by atoms with van der Waals surface area (Å²) in [5, 5.41) is 24.3. The quantitative estimate of drug-likeness (QED) is 0.358. The lowest BCUT2D eigenvalue weighted by molar-refractivity contribution is 0.103. The predicted octanol–water partition coefficient (Wildman–Crippen LogP) is 1.51. The molecule has 1 aliphatic heterocycles. The molecule has 11 heteroatoms. The zero-order chi connectivity index (χ0) is 23.6. The minimum Gasteiger partial charge on any atom is -0.419 e. The van der Waals surface area contributed by atoms with Crippen LogP contribution in [0.1, 0.15) is 24.8 Å². The molecule has 0 aliphatic carbocycles. The molecule has 34 heavy (non-hydrogen) atoms. The molecule has 0 amide bonds. The number of anilines is 2. The van der Waals surface area contributed by atoms with Crippen LogP contribution in [0.5, 0.6) is 0 Å². The Morgan fingerprint density at radius 2 is 1.82 bits per heavy atom. The average molecular weight is 468 g/mol. The van der Waals surface area contributed by atoms with E-state index in [9.17, 15) is 0 Å². The van der Waals surface area contributed by atoms with Crippen molar-refractivity contribution in [3.05, 3.63) is 42.2 Å². The van der Waals surface area contributed by atoms with E-state index in [1.165, 1.54) is 5.56 Å². The molecule has 4 rings (SSSR count). The first kappa shape index (κ1) is 24.0. The van der Waals surface area contributed by atoms with Gasteiger partial charge in [0.2, 0.25) is 11.8 Å². The van der Waals surface area contributed by atoms with Crippen LogP contribution in [0.4, 0.5) is 11.8 Å². The van der Waals surface area contributed by atoms with E-state index in [1.807, 2.05) is 12.1 Å². The Hall–Kier alpha value is -3.15. The van der Waals surface area contributed by atoms with Gasteiger partial charge in [0.1, 0.15) is 5.82 Å². The highest BCUT2D eigenvalue weighted by Gasteiger charge is 2.20. The van der Waals surface area contributed by atoms with E-state index in [4.69, 9.17) is 9.52 Å². The van der Waals surface area contributed by atoms with Gasteiger partial charge in [-0.1, -0.05) is 6.92 Å². The monoisotopic (exact) mass is 467 g/mol. The van der Waals surface area contributed by atoms with Crippen LogP contribution in [-0.4, -0.2) is 92.5 Å². The second kappa shape index (κ2) is 12.4. The number of piperazine rings is 1. The molecule has 182 valence electrons. The molecule has 3 aromatic heterocycles. The van der Waals surface area contributed by atoms with Crippen molar-refractivity contribution in [1.29, 1.82) is 0 Å². The van der Waals surface area contributed by atoms with Crippen molar-refractivity contribution in [3.63, 3.8) is 0 Å². The Labute approximate surface area is 199 Å². The summed E-state index contributed by atoms with van der Waals surface area (Å²) in [5.41, 5.74) is 1.90. The number of rotatable bonds is 12. The maximum Gasteiger partial charge on any atom is 0.253 e. The number of hydrogen-bond donors (Lipinski definition) is 3. The summed E-state index contributed by atoms with van der Waals surface area (Å²) in [5.74, 6) is 2.22. The molecule has 1 saturated heterocycles. The minimum atomic E-state index is 0.197. The van der Waals surface area contributed by atoms with Gasteiger partial charge in [0.25, 0.3) is 5.89 Å². The van der Waals surface area contributed by atoms with Crippen molar-refractivity contribution in [2.75, 3.05) is 63.1 Å². The Morgan fingerprint density at radius 1 is 1.03 bits per heavy atom. The van der Waals surface area contributed by atoms with Crippen LogP contribution in [0, 0.1) is 0 Å². The lowest BCUT2D eigenvalue weighted by Crippen LogP contribution is -2.46. The molecular weight excluding hydrogens is 434 g/mol. The number of nitrogens with zero attached hydrogens (tertiary/aromatic N) is 7. The van der Waals surface area contributed by atoms with Crippen molar-refractivity contribution in [3.8, 4) is 11.5 Å². The molecule has 0 aromatic carbocycles. The molecular formula is C23H33N9O2. The van der Waals surface area contributed by atoms with Crippen LogP contribution in [0.25, 0.3) is 11.5 Å². The molecule has 1 fully saturated rings. The Bertz CT molecular complexity index is 1010. The summed E-state index contributed by atoms with van der Waals surface area (Å²) in [6.07, 6.45) is 7.13. The molecule has 0 spiro atoms. The fourth-order valence-corrected chi connectivity index (χ4v) is 3.80. The van der Waals surface area contributed by atoms with E-state index in [0.717, 1.165) is 52.1 Å². The first-order valence-corrected chi connectivity index (χ1v) is 11.9. The van der Waals surface area contributed by atoms with Crippen molar-refractivity contribution < 1.29 is 9.52 Å². The zero-order valence-corrected chi connectivity index (χ0v) is 19.7.